The molecule has 4 nitrogen and oxygen atoms in total. The second-order valence-corrected chi connectivity index (χ2v) is 8.28. The number of aryl methyl sites for hydroxylation is 4. The summed E-state index contributed by atoms with van der Waals surface area (Å²) in [6, 6.07) is 6.94. The van der Waals surface area contributed by atoms with Crippen LogP contribution in [0, 0.1) is 19.8 Å². The Morgan fingerprint density at radius 2 is 1.69 bits per heavy atom. The van der Waals surface area contributed by atoms with Crippen LogP contribution in [0.3, 0.4) is 0 Å². The normalized spacial score (nSPS) is 14.2. The van der Waals surface area contributed by atoms with Crippen LogP contribution in [0.2, 0.25) is 0 Å². The third-order valence-electron chi connectivity index (χ3n) is 5.00. The van der Waals surface area contributed by atoms with Crippen LogP contribution < -0.4 is 0 Å². The second kappa shape index (κ2) is 8.15. The zero-order valence-corrected chi connectivity index (χ0v) is 16.6. The minimum atomic E-state index is 0.282. The van der Waals surface area contributed by atoms with E-state index in [1.807, 2.05) is 0 Å². The zero-order chi connectivity index (χ0) is 18.7. The molecule has 0 spiro atoms. The Labute approximate surface area is 157 Å². The summed E-state index contributed by atoms with van der Waals surface area (Å²) in [7, 11) is 0. The van der Waals surface area contributed by atoms with Gasteiger partial charge in [0.2, 0.25) is 0 Å². The Kier molecular flexibility index (Phi) is 5.90. The fourth-order valence-electron chi connectivity index (χ4n) is 3.61. The van der Waals surface area contributed by atoms with E-state index in [0.29, 0.717) is 31.2 Å². The van der Waals surface area contributed by atoms with Crippen LogP contribution >= 0.6 is 0 Å². The van der Waals surface area contributed by atoms with E-state index in [2.05, 4.69) is 60.7 Å². The molecule has 0 amide bonds. The maximum atomic E-state index is 12.5. The summed E-state index contributed by atoms with van der Waals surface area (Å²) in [5.41, 5.74) is 3.56. The summed E-state index contributed by atoms with van der Waals surface area (Å²) in [6.45, 7) is 8.64. The van der Waals surface area contributed by atoms with Crippen molar-refractivity contribution in [3.63, 3.8) is 0 Å². The summed E-state index contributed by atoms with van der Waals surface area (Å²) in [5.74, 6) is 3.06. The van der Waals surface area contributed by atoms with Crippen molar-refractivity contribution in [2.24, 2.45) is 5.92 Å². The summed E-state index contributed by atoms with van der Waals surface area (Å²) in [4.78, 5) is 12.5. The molecule has 0 atom stereocenters. The van der Waals surface area contributed by atoms with Crippen LogP contribution in [0.15, 0.2) is 18.2 Å². The van der Waals surface area contributed by atoms with E-state index in [1.165, 1.54) is 24.0 Å². The van der Waals surface area contributed by atoms with Gasteiger partial charge in [-0.2, -0.15) is 0 Å². The number of hydrogen-bond donors (Lipinski definition) is 0. The molecule has 1 aliphatic carbocycles. The summed E-state index contributed by atoms with van der Waals surface area (Å²) < 4.78 is 2.33. The molecule has 26 heavy (non-hydrogen) atoms. The molecule has 1 heterocycles. The van der Waals surface area contributed by atoms with Crippen molar-refractivity contribution in [2.75, 3.05) is 0 Å². The lowest BCUT2D eigenvalue weighted by molar-refractivity contribution is -0.118. The largest absolute Gasteiger partial charge is 0.312 e. The number of rotatable bonds is 9. The molecule has 1 aliphatic rings. The first kappa shape index (κ1) is 18.8. The van der Waals surface area contributed by atoms with E-state index in [1.54, 1.807) is 0 Å². The molecular formula is C22H31N3O. The second-order valence-electron chi connectivity index (χ2n) is 8.28. The highest BCUT2D eigenvalue weighted by molar-refractivity contribution is 5.81. The number of hydrogen-bond acceptors (Lipinski definition) is 3. The van der Waals surface area contributed by atoms with Crippen LogP contribution in [-0.2, 0) is 24.1 Å². The van der Waals surface area contributed by atoms with Gasteiger partial charge in [0.05, 0.1) is 0 Å². The highest BCUT2D eigenvalue weighted by Crippen LogP contribution is 2.37. The Balaban J connectivity index is 1.61. The monoisotopic (exact) mass is 353 g/mol. The molecule has 1 fully saturated rings. The van der Waals surface area contributed by atoms with Gasteiger partial charge in [0, 0.05) is 31.7 Å². The molecule has 140 valence electrons. The fourth-order valence-corrected chi connectivity index (χ4v) is 3.61. The van der Waals surface area contributed by atoms with Crippen LogP contribution in [0.5, 0.6) is 0 Å². The smallest absolute Gasteiger partial charge is 0.137 e. The molecule has 1 aromatic carbocycles. The first-order chi connectivity index (χ1) is 12.4. The molecular weight excluding hydrogens is 322 g/mol. The minimum Gasteiger partial charge on any atom is -0.312 e. The van der Waals surface area contributed by atoms with E-state index in [0.717, 1.165) is 30.1 Å². The quantitative estimate of drug-likeness (QED) is 0.664. The van der Waals surface area contributed by atoms with E-state index >= 15 is 0 Å². The first-order valence-electron chi connectivity index (χ1n) is 9.94. The molecule has 1 saturated carbocycles. The Morgan fingerprint density at radius 1 is 1.08 bits per heavy atom. The molecule has 0 unspecified atom stereocenters. The van der Waals surface area contributed by atoms with Crippen molar-refractivity contribution in [1.82, 2.24) is 14.8 Å². The van der Waals surface area contributed by atoms with Gasteiger partial charge in [-0.3, -0.25) is 4.79 Å². The third-order valence-corrected chi connectivity index (χ3v) is 5.00. The van der Waals surface area contributed by atoms with E-state index in [-0.39, 0.29) is 5.78 Å². The average Bonchev–Trinajstić information content (AvgIpc) is 3.30. The number of nitrogens with zero attached hydrogens (tertiary/aromatic N) is 3. The Morgan fingerprint density at radius 3 is 2.27 bits per heavy atom. The maximum absolute atomic E-state index is 12.5. The van der Waals surface area contributed by atoms with Gasteiger partial charge < -0.3 is 4.57 Å². The zero-order valence-electron chi connectivity index (χ0n) is 16.6. The van der Waals surface area contributed by atoms with Gasteiger partial charge in [0.25, 0.3) is 0 Å². The Hall–Kier alpha value is -1.97. The van der Waals surface area contributed by atoms with Gasteiger partial charge in [-0.15, -0.1) is 10.2 Å². The summed E-state index contributed by atoms with van der Waals surface area (Å²) in [5, 5.41) is 8.86. The lowest BCUT2D eigenvalue weighted by atomic mass is 10.0. The SMILES string of the molecule is Cc1cc(C)cc(CC(=O)CCc2nnc(CCC(C)C)n2C2CC2)c1. The average molecular weight is 354 g/mol. The van der Waals surface area contributed by atoms with E-state index < -0.39 is 0 Å². The molecule has 0 aliphatic heterocycles. The molecule has 0 bridgehead atoms. The van der Waals surface area contributed by atoms with Gasteiger partial charge in [0.1, 0.15) is 17.4 Å². The van der Waals surface area contributed by atoms with Gasteiger partial charge in [-0.05, 0) is 44.6 Å². The summed E-state index contributed by atoms with van der Waals surface area (Å²) >= 11 is 0. The summed E-state index contributed by atoms with van der Waals surface area (Å²) in [6.07, 6.45) is 6.32. The van der Waals surface area contributed by atoms with Crippen molar-refractivity contribution in [3.05, 3.63) is 46.5 Å². The molecule has 1 aromatic heterocycles. The number of benzene rings is 1. The molecule has 3 rings (SSSR count). The predicted molar refractivity (Wildman–Crippen MR) is 104 cm³/mol. The fraction of sp³-hybridized carbons (Fsp3) is 0.591. The van der Waals surface area contributed by atoms with Gasteiger partial charge in [-0.1, -0.05) is 43.2 Å². The lowest BCUT2D eigenvalue weighted by Crippen LogP contribution is -2.10. The van der Waals surface area contributed by atoms with Gasteiger partial charge >= 0.3 is 0 Å². The number of ketones is 1. The highest BCUT2D eigenvalue weighted by Gasteiger charge is 2.29. The van der Waals surface area contributed by atoms with E-state index in [4.69, 9.17) is 0 Å². The van der Waals surface area contributed by atoms with Gasteiger partial charge in [0.15, 0.2) is 0 Å². The molecule has 4 heteroatoms. The Bertz CT molecular complexity index is 751. The maximum Gasteiger partial charge on any atom is 0.137 e. The van der Waals surface area contributed by atoms with Gasteiger partial charge in [-0.25, -0.2) is 0 Å². The number of Topliss-reactive ketones (excluding diaryl/α,β-unsaturated/α-hetero) is 1. The molecule has 2 aromatic rings. The molecule has 0 N–H and O–H groups in total. The molecule has 0 radical (unpaired) electrons. The van der Waals surface area contributed by atoms with Crippen LogP contribution in [-0.4, -0.2) is 20.5 Å². The van der Waals surface area contributed by atoms with Crippen molar-refractivity contribution in [3.8, 4) is 0 Å². The minimum absolute atomic E-state index is 0.282. The van der Waals surface area contributed by atoms with Crippen LogP contribution in [0.25, 0.3) is 0 Å². The lowest BCUT2D eigenvalue weighted by Gasteiger charge is -2.10. The topological polar surface area (TPSA) is 47.8 Å². The van der Waals surface area contributed by atoms with Crippen molar-refractivity contribution < 1.29 is 4.79 Å². The standard InChI is InChI=1S/C22H31N3O/c1-15(2)5-9-21-23-24-22(25(21)19-6-7-19)10-8-20(26)14-18-12-16(3)11-17(4)13-18/h11-13,15,19H,5-10,14H2,1-4H3. The number of carbonyl (C=O) groups excluding carboxylic acids is 1. The number of carbonyl (C=O) groups is 1. The highest BCUT2D eigenvalue weighted by atomic mass is 16.1. The number of aromatic nitrogens is 3. The van der Waals surface area contributed by atoms with Crippen molar-refractivity contribution in [2.45, 2.75) is 78.7 Å². The van der Waals surface area contributed by atoms with Crippen LogP contribution in [0.4, 0.5) is 0 Å². The predicted octanol–water partition coefficient (Wildman–Crippen LogP) is 4.56. The van der Waals surface area contributed by atoms with E-state index in [9.17, 15) is 4.79 Å². The van der Waals surface area contributed by atoms with Crippen molar-refractivity contribution in [1.29, 1.82) is 0 Å². The first-order valence-corrected chi connectivity index (χ1v) is 9.94. The van der Waals surface area contributed by atoms with Crippen LogP contribution in [0.1, 0.15) is 73.9 Å². The van der Waals surface area contributed by atoms with Crippen molar-refractivity contribution >= 4 is 5.78 Å². The third kappa shape index (κ3) is 5.03. The molecule has 0 saturated heterocycles.